The number of para-hydroxylation sites is 1. The van der Waals surface area contributed by atoms with Gasteiger partial charge in [0.2, 0.25) is 0 Å². The van der Waals surface area contributed by atoms with Crippen molar-refractivity contribution in [3.05, 3.63) is 141 Å². The summed E-state index contributed by atoms with van der Waals surface area (Å²) in [6.07, 6.45) is 0. The molecule has 0 unspecified atom stereocenters. The summed E-state index contributed by atoms with van der Waals surface area (Å²) < 4.78 is 35.7. The lowest BCUT2D eigenvalue weighted by atomic mass is 9.81. The van der Waals surface area contributed by atoms with Crippen molar-refractivity contribution in [2.75, 3.05) is 5.32 Å². The number of hydrogen-bond donors (Lipinski definition) is 3. The lowest BCUT2D eigenvalue weighted by Gasteiger charge is -2.27. The predicted molar refractivity (Wildman–Crippen MR) is 182 cm³/mol. The van der Waals surface area contributed by atoms with Gasteiger partial charge in [-0.15, -0.1) is 0 Å². The second kappa shape index (κ2) is 10.5. The molecule has 8 rings (SSSR count). The number of carbonyl (C=O) groups excluding carboxylic acids is 1. The molecular formula is C37H26N4O5S. The summed E-state index contributed by atoms with van der Waals surface area (Å²) in [6.45, 7) is 3.92. The Balaban J connectivity index is 1.49. The van der Waals surface area contributed by atoms with Gasteiger partial charge in [0.1, 0.15) is 10.6 Å². The van der Waals surface area contributed by atoms with Crippen molar-refractivity contribution in [1.29, 1.82) is 0 Å². The minimum Gasteiger partial charge on any atom is -0.455 e. The molecule has 0 atom stereocenters. The summed E-state index contributed by atoms with van der Waals surface area (Å²) in [4.78, 5) is 36.2. The molecule has 1 aromatic heterocycles. The molecule has 0 radical (unpaired) electrons. The number of pyridine rings is 1. The number of hydrogen-bond acceptors (Lipinski definition) is 7. The van der Waals surface area contributed by atoms with E-state index in [0.29, 0.717) is 50.3 Å². The van der Waals surface area contributed by atoms with Crippen molar-refractivity contribution >= 4 is 49.6 Å². The number of ether oxygens (including phenoxy) is 1. The van der Waals surface area contributed by atoms with Crippen LogP contribution in [0, 0.1) is 13.8 Å². The van der Waals surface area contributed by atoms with E-state index in [-0.39, 0.29) is 27.8 Å². The molecule has 6 aromatic rings. The van der Waals surface area contributed by atoms with Crippen LogP contribution in [-0.4, -0.2) is 25.0 Å². The number of nitrogens with one attached hydrogen (secondary N) is 3. The lowest BCUT2D eigenvalue weighted by molar-refractivity contribution is 0.104. The summed E-state index contributed by atoms with van der Waals surface area (Å²) in [6, 6.07) is 30.3. The van der Waals surface area contributed by atoms with Crippen LogP contribution in [0.1, 0.15) is 32.6 Å². The molecule has 2 aliphatic rings. The zero-order chi connectivity index (χ0) is 32.4. The van der Waals surface area contributed by atoms with Gasteiger partial charge in [-0.2, -0.15) is 0 Å². The Kier molecular flexibility index (Phi) is 6.38. The molecule has 1 aliphatic carbocycles. The highest BCUT2D eigenvalue weighted by Gasteiger charge is 2.36. The van der Waals surface area contributed by atoms with Crippen LogP contribution in [0.3, 0.4) is 0 Å². The first-order valence-electron chi connectivity index (χ1n) is 14.9. The SMILES string of the molecule is Cc1cccc(Nc2cc(Oc3cccc(C)c3)c3[nH]c(=O)c(C4=Nc5ccccc5S(=O)(=O)N4)c4c3c2C(=O)c2ccccc2-4)c1. The molecule has 2 heterocycles. The molecule has 0 fully saturated rings. The van der Waals surface area contributed by atoms with E-state index in [9.17, 15) is 18.0 Å². The summed E-state index contributed by atoms with van der Waals surface area (Å²) in [5.41, 5.74) is 4.62. The van der Waals surface area contributed by atoms with Gasteiger partial charge >= 0.3 is 0 Å². The van der Waals surface area contributed by atoms with Crippen molar-refractivity contribution in [2.45, 2.75) is 18.7 Å². The third-order valence-corrected chi connectivity index (χ3v) is 9.68. The maximum atomic E-state index is 14.4. The van der Waals surface area contributed by atoms with Crippen LogP contribution in [0.4, 0.5) is 17.1 Å². The zero-order valence-corrected chi connectivity index (χ0v) is 26.0. The molecule has 0 saturated heterocycles. The molecule has 0 spiro atoms. The minimum absolute atomic E-state index is 0.00404. The average molecular weight is 639 g/mol. The van der Waals surface area contributed by atoms with E-state index in [1.807, 2.05) is 62.4 Å². The fourth-order valence-electron chi connectivity index (χ4n) is 6.28. The first-order chi connectivity index (χ1) is 22.7. The fraction of sp³-hybridized carbons (Fsp3) is 0.0541. The quantitative estimate of drug-likeness (QED) is 0.182. The standard InChI is InChI=1S/C37H26N4O5S/c1-20-9-7-11-22(17-20)38-27-19-28(46-23-12-8-10-21(2)18-23)34-32-30(24-13-3-4-14-25(24)35(42)31(27)32)33(37(43)40-34)36-39-26-15-5-6-16-29(26)47(44,45)41-36/h3-19,38H,1-2H3,(H,39,41)(H,40,43). The highest BCUT2D eigenvalue weighted by Crippen LogP contribution is 2.47. The van der Waals surface area contributed by atoms with E-state index >= 15 is 0 Å². The number of aromatic nitrogens is 1. The molecular weight excluding hydrogens is 612 g/mol. The van der Waals surface area contributed by atoms with Gasteiger partial charge in [-0.3, -0.25) is 14.3 Å². The third kappa shape index (κ3) is 4.69. The number of sulfonamides is 1. The van der Waals surface area contributed by atoms with Gasteiger partial charge in [0.05, 0.1) is 28.0 Å². The maximum Gasteiger partial charge on any atom is 0.265 e. The van der Waals surface area contributed by atoms with E-state index in [0.717, 1.165) is 16.8 Å². The first-order valence-corrected chi connectivity index (χ1v) is 16.4. The van der Waals surface area contributed by atoms with Crippen LogP contribution in [-0.2, 0) is 10.0 Å². The summed E-state index contributed by atoms with van der Waals surface area (Å²) >= 11 is 0. The number of nitrogens with zero attached hydrogens (tertiary/aromatic N) is 1. The van der Waals surface area contributed by atoms with Gasteiger partial charge < -0.3 is 15.0 Å². The van der Waals surface area contributed by atoms with E-state index < -0.39 is 15.6 Å². The van der Waals surface area contributed by atoms with Gasteiger partial charge in [0.15, 0.2) is 17.4 Å². The molecule has 0 amide bonds. The number of aryl methyl sites for hydroxylation is 2. The van der Waals surface area contributed by atoms with Crippen LogP contribution >= 0.6 is 0 Å². The Morgan fingerprint density at radius 3 is 2.26 bits per heavy atom. The predicted octanol–water partition coefficient (Wildman–Crippen LogP) is 7.26. The molecule has 0 bridgehead atoms. The van der Waals surface area contributed by atoms with Crippen molar-refractivity contribution in [3.63, 3.8) is 0 Å². The van der Waals surface area contributed by atoms with E-state index in [1.165, 1.54) is 6.07 Å². The van der Waals surface area contributed by atoms with Gasteiger partial charge in [0.25, 0.3) is 15.6 Å². The van der Waals surface area contributed by atoms with Gasteiger partial charge in [-0.05, 0) is 66.9 Å². The van der Waals surface area contributed by atoms with Crippen molar-refractivity contribution in [2.24, 2.45) is 4.99 Å². The van der Waals surface area contributed by atoms with Crippen LogP contribution in [0.25, 0.3) is 22.0 Å². The highest BCUT2D eigenvalue weighted by atomic mass is 32.2. The van der Waals surface area contributed by atoms with Crippen molar-refractivity contribution < 1.29 is 17.9 Å². The summed E-state index contributed by atoms with van der Waals surface area (Å²) in [5, 5.41) is 3.83. The van der Waals surface area contributed by atoms with E-state index in [2.05, 4.69) is 20.0 Å². The number of amidine groups is 1. The Morgan fingerprint density at radius 2 is 1.47 bits per heavy atom. The maximum absolute atomic E-state index is 14.4. The van der Waals surface area contributed by atoms with Gasteiger partial charge in [-0.1, -0.05) is 60.7 Å². The van der Waals surface area contributed by atoms with E-state index in [4.69, 9.17) is 4.74 Å². The molecule has 3 N–H and O–H groups in total. The molecule has 47 heavy (non-hydrogen) atoms. The summed E-state index contributed by atoms with van der Waals surface area (Å²) in [7, 11) is -4.06. The number of fused-ring (bicyclic) bond motifs is 3. The monoisotopic (exact) mass is 638 g/mol. The van der Waals surface area contributed by atoms with E-state index in [1.54, 1.807) is 48.5 Å². The number of carbonyl (C=O) groups is 1. The third-order valence-electron chi connectivity index (χ3n) is 8.29. The zero-order valence-electron chi connectivity index (χ0n) is 25.2. The largest absolute Gasteiger partial charge is 0.455 e. The molecule has 5 aromatic carbocycles. The van der Waals surface area contributed by atoms with Gasteiger partial charge in [0, 0.05) is 28.3 Å². The number of anilines is 2. The number of H-pyrrole nitrogens is 1. The average Bonchev–Trinajstić information content (AvgIpc) is 3.04. The highest BCUT2D eigenvalue weighted by molar-refractivity contribution is 7.90. The second-order valence-corrected chi connectivity index (χ2v) is 13.2. The Hall–Kier alpha value is -6.00. The number of ketones is 1. The number of aromatic amines is 1. The number of rotatable bonds is 5. The Morgan fingerprint density at radius 1 is 0.745 bits per heavy atom. The van der Waals surface area contributed by atoms with Gasteiger partial charge in [-0.25, -0.2) is 13.4 Å². The smallest absolute Gasteiger partial charge is 0.265 e. The molecule has 1 aliphatic heterocycles. The lowest BCUT2D eigenvalue weighted by Crippen LogP contribution is -2.38. The number of benzene rings is 5. The van der Waals surface area contributed by atoms with Crippen molar-refractivity contribution in [3.8, 4) is 22.6 Å². The summed E-state index contributed by atoms with van der Waals surface area (Å²) in [5.74, 6) is 0.440. The molecule has 9 nitrogen and oxygen atoms in total. The Labute approximate surface area is 269 Å². The van der Waals surface area contributed by atoms with Crippen LogP contribution in [0.5, 0.6) is 11.5 Å². The molecule has 230 valence electrons. The molecule has 0 saturated carbocycles. The van der Waals surface area contributed by atoms with Crippen LogP contribution in [0.2, 0.25) is 0 Å². The first kappa shape index (κ1) is 28.5. The minimum atomic E-state index is -4.06. The molecule has 10 heteroatoms. The fourth-order valence-corrected chi connectivity index (χ4v) is 7.44. The van der Waals surface area contributed by atoms with Crippen molar-refractivity contribution in [1.82, 2.24) is 9.71 Å². The Bertz CT molecular complexity index is 2540. The number of aliphatic imine (C=N–C) groups is 1. The van der Waals surface area contributed by atoms with Crippen LogP contribution < -0.4 is 20.3 Å². The second-order valence-electron chi connectivity index (χ2n) is 11.6. The topological polar surface area (TPSA) is 130 Å². The van der Waals surface area contributed by atoms with Crippen LogP contribution in [0.15, 0.2) is 118 Å². The normalized spacial score (nSPS) is 14.1.